The van der Waals surface area contributed by atoms with Crippen LogP contribution in [0.25, 0.3) is 5.69 Å². The first-order valence-electron chi connectivity index (χ1n) is 8.18. The SMILES string of the molecule is Cc1cc(NC(=O)CC2CSCCN2)n(-c2cccc(C(F)(F)F)c2)n1.Cl. The number of hydrogen-bond acceptors (Lipinski definition) is 4. The predicted molar refractivity (Wildman–Crippen MR) is 103 cm³/mol. The summed E-state index contributed by atoms with van der Waals surface area (Å²) in [5.74, 6) is 2.05. The number of aromatic nitrogens is 2. The molecule has 1 aliphatic heterocycles. The molecule has 3 rings (SSSR count). The van der Waals surface area contributed by atoms with Crippen LogP contribution in [-0.4, -0.2) is 39.8 Å². The molecule has 0 saturated carbocycles. The highest BCUT2D eigenvalue weighted by Crippen LogP contribution is 2.31. The topological polar surface area (TPSA) is 59.0 Å². The van der Waals surface area contributed by atoms with Gasteiger partial charge in [0.05, 0.1) is 16.9 Å². The van der Waals surface area contributed by atoms with Crippen LogP contribution in [0.2, 0.25) is 0 Å². The first-order chi connectivity index (χ1) is 12.3. The van der Waals surface area contributed by atoms with Crippen LogP contribution < -0.4 is 10.6 Å². The quantitative estimate of drug-likeness (QED) is 0.792. The van der Waals surface area contributed by atoms with Crippen molar-refractivity contribution in [2.24, 2.45) is 0 Å². The highest BCUT2D eigenvalue weighted by molar-refractivity contribution is 7.99. The van der Waals surface area contributed by atoms with Crippen LogP contribution in [0.1, 0.15) is 17.7 Å². The van der Waals surface area contributed by atoms with Crippen molar-refractivity contribution < 1.29 is 18.0 Å². The Balaban J connectivity index is 0.00000261. The Morgan fingerprint density at radius 3 is 2.85 bits per heavy atom. The molecular weight excluding hydrogens is 401 g/mol. The lowest BCUT2D eigenvalue weighted by Gasteiger charge is -2.22. The minimum atomic E-state index is -4.44. The number of halogens is 4. The smallest absolute Gasteiger partial charge is 0.312 e. The highest BCUT2D eigenvalue weighted by atomic mass is 35.5. The normalized spacial score (nSPS) is 17.3. The van der Waals surface area contributed by atoms with Gasteiger partial charge >= 0.3 is 6.18 Å². The summed E-state index contributed by atoms with van der Waals surface area (Å²) in [4.78, 5) is 12.3. The average Bonchev–Trinajstić information content (AvgIpc) is 2.95. The van der Waals surface area contributed by atoms with Crippen molar-refractivity contribution in [3.05, 3.63) is 41.6 Å². The van der Waals surface area contributed by atoms with Crippen LogP contribution >= 0.6 is 24.2 Å². The molecular formula is C17H20ClF3N4OS. The number of nitrogens with one attached hydrogen (secondary N) is 2. The highest BCUT2D eigenvalue weighted by Gasteiger charge is 2.30. The van der Waals surface area contributed by atoms with Crippen LogP contribution in [0, 0.1) is 6.92 Å². The summed E-state index contributed by atoms with van der Waals surface area (Å²) in [7, 11) is 0. The van der Waals surface area contributed by atoms with E-state index in [1.165, 1.54) is 16.8 Å². The van der Waals surface area contributed by atoms with Gasteiger partial charge in [-0.3, -0.25) is 4.79 Å². The van der Waals surface area contributed by atoms with E-state index in [0.717, 1.165) is 30.2 Å². The van der Waals surface area contributed by atoms with E-state index in [1.54, 1.807) is 24.8 Å². The number of benzene rings is 1. The molecule has 0 radical (unpaired) electrons. The lowest BCUT2D eigenvalue weighted by Crippen LogP contribution is -2.40. The summed E-state index contributed by atoms with van der Waals surface area (Å²) in [6, 6.07) is 6.60. The van der Waals surface area contributed by atoms with Crippen LogP contribution in [-0.2, 0) is 11.0 Å². The van der Waals surface area contributed by atoms with Crippen molar-refractivity contribution in [2.45, 2.75) is 25.6 Å². The minimum Gasteiger partial charge on any atom is -0.312 e. The second-order valence-corrected chi connectivity index (χ2v) is 7.26. The number of anilines is 1. The molecule has 148 valence electrons. The zero-order chi connectivity index (χ0) is 18.7. The summed E-state index contributed by atoms with van der Waals surface area (Å²) >= 11 is 1.79. The molecule has 1 aliphatic rings. The molecule has 1 amide bonds. The number of amides is 1. The van der Waals surface area contributed by atoms with Gasteiger partial charge in [0.2, 0.25) is 5.91 Å². The molecule has 1 aromatic carbocycles. The fraction of sp³-hybridized carbons (Fsp3) is 0.412. The van der Waals surface area contributed by atoms with E-state index in [-0.39, 0.29) is 30.0 Å². The maximum atomic E-state index is 13.0. The van der Waals surface area contributed by atoms with Gasteiger partial charge in [0.15, 0.2) is 0 Å². The molecule has 0 bridgehead atoms. The third-order valence-electron chi connectivity index (χ3n) is 3.95. The summed E-state index contributed by atoms with van der Waals surface area (Å²) < 4.78 is 40.2. The van der Waals surface area contributed by atoms with E-state index in [0.29, 0.717) is 17.9 Å². The van der Waals surface area contributed by atoms with E-state index in [4.69, 9.17) is 0 Å². The fourth-order valence-electron chi connectivity index (χ4n) is 2.77. The molecule has 27 heavy (non-hydrogen) atoms. The average molecular weight is 421 g/mol. The van der Waals surface area contributed by atoms with Gasteiger partial charge < -0.3 is 10.6 Å². The molecule has 1 aromatic heterocycles. The van der Waals surface area contributed by atoms with Gasteiger partial charge in [0, 0.05) is 36.6 Å². The number of carbonyl (C=O) groups excluding carboxylic acids is 1. The van der Waals surface area contributed by atoms with E-state index < -0.39 is 11.7 Å². The molecule has 1 saturated heterocycles. The zero-order valence-electron chi connectivity index (χ0n) is 14.5. The Kier molecular flexibility index (Phi) is 7.19. The van der Waals surface area contributed by atoms with E-state index in [1.807, 2.05) is 0 Å². The maximum absolute atomic E-state index is 13.0. The van der Waals surface area contributed by atoms with Crippen LogP contribution in [0.3, 0.4) is 0 Å². The lowest BCUT2D eigenvalue weighted by molar-refractivity contribution is -0.137. The summed E-state index contributed by atoms with van der Waals surface area (Å²) in [6.07, 6.45) is -4.13. The molecule has 5 nitrogen and oxygen atoms in total. The molecule has 10 heteroatoms. The van der Waals surface area contributed by atoms with Gasteiger partial charge in [-0.25, -0.2) is 4.68 Å². The number of nitrogens with zero attached hydrogens (tertiary/aromatic N) is 2. The molecule has 1 fully saturated rings. The molecule has 2 aromatic rings. The number of alkyl halides is 3. The number of hydrogen-bond donors (Lipinski definition) is 2. The second kappa shape index (κ2) is 8.99. The monoisotopic (exact) mass is 420 g/mol. The Hall–Kier alpha value is -1.71. The predicted octanol–water partition coefficient (Wildman–Crippen LogP) is 3.65. The zero-order valence-corrected chi connectivity index (χ0v) is 16.2. The van der Waals surface area contributed by atoms with Gasteiger partial charge in [-0.15, -0.1) is 12.4 Å². The molecule has 2 N–H and O–H groups in total. The Morgan fingerprint density at radius 2 is 2.19 bits per heavy atom. The first kappa shape index (κ1) is 21.6. The van der Waals surface area contributed by atoms with Crippen molar-refractivity contribution in [2.75, 3.05) is 23.4 Å². The number of aryl methyl sites for hydroxylation is 1. The third-order valence-corrected chi connectivity index (χ3v) is 5.08. The second-order valence-electron chi connectivity index (χ2n) is 6.11. The van der Waals surface area contributed by atoms with Crippen molar-refractivity contribution in [3.63, 3.8) is 0 Å². The molecule has 2 heterocycles. The van der Waals surface area contributed by atoms with Crippen LogP contribution in [0.4, 0.5) is 19.0 Å². The Morgan fingerprint density at radius 1 is 1.41 bits per heavy atom. The summed E-state index contributed by atoms with van der Waals surface area (Å²) in [5, 5.41) is 10.3. The Labute approximate surface area is 165 Å². The van der Waals surface area contributed by atoms with Crippen molar-refractivity contribution in [3.8, 4) is 5.69 Å². The van der Waals surface area contributed by atoms with Crippen LogP contribution in [0.5, 0.6) is 0 Å². The molecule has 0 aliphatic carbocycles. The maximum Gasteiger partial charge on any atom is 0.416 e. The van der Waals surface area contributed by atoms with E-state index in [9.17, 15) is 18.0 Å². The molecule has 1 atom stereocenters. The minimum absolute atomic E-state index is 0. The fourth-order valence-corrected chi connectivity index (χ4v) is 3.72. The van der Waals surface area contributed by atoms with Gasteiger partial charge in [0.1, 0.15) is 5.82 Å². The van der Waals surface area contributed by atoms with E-state index in [2.05, 4.69) is 15.7 Å². The molecule has 1 unspecified atom stereocenters. The summed E-state index contributed by atoms with van der Waals surface area (Å²) in [6.45, 7) is 2.59. The van der Waals surface area contributed by atoms with Gasteiger partial charge in [0.25, 0.3) is 0 Å². The lowest BCUT2D eigenvalue weighted by atomic mass is 10.2. The van der Waals surface area contributed by atoms with Gasteiger partial charge in [-0.1, -0.05) is 6.07 Å². The van der Waals surface area contributed by atoms with E-state index >= 15 is 0 Å². The molecule has 0 spiro atoms. The van der Waals surface area contributed by atoms with Crippen LogP contribution in [0.15, 0.2) is 30.3 Å². The van der Waals surface area contributed by atoms with Crippen molar-refractivity contribution in [1.29, 1.82) is 0 Å². The number of rotatable bonds is 4. The Bertz CT molecular complexity index is 791. The van der Waals surface area contributed by atoms with Gasteiger partial charge in [-0.05, 0) is 25.1 Å². The number of carbonyl (C=O) groups is 1. The van der Waals surface area contributed by atoms with Gasteiger partial charge in [-0.2, -0.15) is 30.0 Å². The largest absolute Gasteiger partial charge is 0.416 e. The third kappa shape index (κ3) is 5.63. The first-order valence-corrected chi connectivity index (χ1v) is 9.33. The van der Waals surface area contributed by atoms with Crippen molar-refractivity contribution >= 4 is 35.9 Å². The number of thioether (sulfide) groups is 1. The van der Waals surface area contributed by atoms with Crippen molar-refractivity contribution in [1.82, 2.24) is 15.1 Å². The summed E-state index contributed by atoms with van der Waals surface area (Å²) in [5.41, 5.74) is 0.0856. The standard InChI is InChI=1S/C17H19F3N4OS.ClH/c1-11-7-15(22-16(25)9-13-10-26-6-5-21-13)24(23-11)14-4-2-3-12(8-14)17(18,19)20;/h2-4,7-8,13,21H,5-6,9-10H2,1H3,(H,22,25);1H.